The maximum absolute atomic E-state index is 12.1. The Bertz CT molecular complexity index is 820. The van der Waals surface area contributed by atoms with Crippen LogP contribution < -0.4 is 9.47 Å². The highest BCUT2D eigenvalue weighted by atomic mass is 16.5. The normalized spacial score (nSPS) is 10.5. The molecule has 0 aliphatic carbocycles. The molecule has 2 aromatic rings. The van der Waals surface area contributed by atoms with Crippen molar-refractivity contribution in [2.75, 3.05) is 27.4 Å². The van der Waals surface area contributed by atoms with E-state index in [4.69, 9.17) is 18.9 Å². The van der Waals surface area contributed by atoms with Gasteiger partial charge in [-0.1, -0.05) is 6.07 Å². The van der Waals surface area contributed by atoms with Crippen LogP contribution >= 0.6 is 0 Å². The van der Waals surface area contributed by atoms with E-state index in [2.05, 4.69) is 0 Å². The molecule has 2 N–H and O–H groups in total. The van der Waals surface area contributed by atoms with Crippen LogP contribution in [0.1, 0.15) is 57.5 Å². The molecule has 0 aliphatic rings. The Morgan fingerprint density at radius 1 is 0.688 bits per heavy atom. The summed E-state index contributed by atoms with van der Waals surface area (Å²) < 4.78 is 20.9. The van der Waals surface area contributed by atoms with Gasteiger partial charge in [-0.25, -0.2) is 9.59 Å². The highest BCUT2D eigenvalue weighted by Gasteiger charge is 2.12. The molecule has 0 saturated heterocycles. The average molecular weight is 446 g/mol. The summed E-state index contributed by atoms with van der Waals surface area (Å²) in [7, 11) is 3.03. The first-order chi connectivity index (χ1) is 15.5. The van der Waals surface area contributed by atoms with Crippen LogP contribution in [0.5, 0.6) is 11.5 Å². The van der Waals surface area contributed by atoms with E-state index in [0.29, 0.717) is 53.2 Å². The lowest BCUT2D eigenvalue weighted by Crippen LogP contribution is -2.08. The largest absolute Gasteiger partial charge is 0.493 e. The predicted octanol–water partition coefficient (Wildman–Crippen LogP) is 3.26. The second kappa shape index (κ2) is 13.3. The van der Waals surface area contributed by atoms with Crippen molar-refractivity contribution in [3.8, 4) is 11.5 Å². The number of rotatable bonds is 13. The molecule has 0 radical (unpaired) electrons. The van der Waals surface area contributed by atoms with Gasteiger partial charge in [-0.05, 0) is 67.1 Å². The standard InChI is InChI=1S/C24H30O8/c1-29-21-10-9-18(14-22(21)30-2)24(28)32-12-6-4-3-5-11-31-23(27)17-7-8-19(15-25)20(13-17)16-26/h7-10,13-14,25-26H,3-6,11-12,15-16H2,1-2H3. The lowest BCUT2D eigenvalue weighted by molar-refractivity contribution is 0.0473. The third kappa shape index (κ3) is 7.25. The Morgan fingerprint density at radius 3 is 1.75 bits per heavy atom. The molecule has 0 spiro atoms. The highest BCUT2D eigenvalue weighted by Crippen LogP contribution is 2.27. The molecule has 0 amide bonds. The van der Waals surface area contributed by atoms with Crippen LogP contribution in [-0.2, 0) is 22.7 Å². The minimum atomic E-state index is -0.465. The van der Waals surface area contributed by atoms with Gasteiger partial charge < -0.3 is 29.2 Å². The van der Waals surface area contributed by atoms with Gasteiger partial charge in [0.05, 0.1) is 51.8 Å². The molecule has 0 heterocycles. The fraction of sp³-hybridized carbons (Fsp3) is 0.417. The topological polar surface area (TPSA) is 112 Å². The Hall–Kier alpha value is -3.10. The van der Waals surface area contributed by atoms with Gasteiger partial charge in [0.25, 0.3) is 0 Å². The van der Waals surface area contributed by atoms with E-state index in [1.807, 2.05) is 0 Å². The van der Waals surface area contributed by atoms with Gasteiger partial charge in [0.1, 0.15) is 0 Å². The van der Waals surface area contributed by atoms with Crippen molar-refractivity contribution in [3.05, 3.63) is 58.7 Å². The van der Waals surface area contributed by atoms with Gasteiger partial charge in [0.15, 0.2) is 11.5 Å². The number of unbranched alkanes of at least 4 members (excludes halogenated alkanes) is 3. The summed E-state index contributed by atoms with van der Waals surface area (Å²) in [4.78, 5) is 24.2. The van der Waals surface area contributed by atoms with Crippen LogP contribution in [0.15, 0.2) is 36.4 Å². The van der Waals surface area contributed by atoms with Crippen molar-refractivity contribution in [3.63, 3.8) is 0 Å². The summed E-state index contributed by atoms with van der Waals surface area (Å²) in [6, 6.07) is 9.56. The second-order valence-electron chi connectivity index (χ2n) is 7.06. The Labute approximate surface area is 187 Å². The van der Waals surface area contributed by atoms with Gasteiger partial charge in [-0.2, -0.15) is 0 Å². The molecular formula is C24H30O8. The van der Waals surface area contributed by atoms with Crippen molar-refractivity contribution in [1.29, 1.82) is 0 Å². The van der Waals surface area contributed by atoms with Gasteiger partial charge in [0, 0.05) is 0 Å². The van der Waals surface area contributed by atoms with Crippen molar-refractivity contribution in [2.24, 2.45) is 0 Å². The van der Waals surface area contributed by atoms with E-state index in [1.165, 1.54) is 20.3 Å². The van der Waals surface area contributed by atoms with Gasteiger partial charge in [0.2, 0.25) is 0 Å². The fourth-order valence-corrected chi connectivity index (χ4v) is 3.07. The number of aliphatic hydroxyl groups is 2. The maximum atomic E-state index is 12.1. The summed E-state index contributed by atoms with van der Waals surface area (Å²) in [5.41, 5.74) is 1.82. The maximum Gasteiger partial charge on any atom is 0.338 e. The predicted molar refractivity (Wildman–Crippen MR) is 117 cm³/mol. The zero-order valence-electron chi connectivity index (χ0n) is 18.5. The molecular weight excluding hydrogens is 416 g/mol. The van der Waals surface area contributed by atoms with Crippen LogP contribution in [0, 0.1) is 0 Å². The summed E-state index contributed by atoms with van der Waals surface area (Å²) in [5, 5.41) is 18.5. The van der Waals surface area contributed by atoms with E-state index in [0.717, 1.165) is 12.8 Å². The van der Waals surface area contributed by atoms with E-state index in [-0.39, 0.29) is 19.8 Å². The van der Waals surface area contributed by atoms with Gasteiger partial charge in [-0.3, -0.25) is 0 Å². The number of hydrogen-bond acceptors (Lipinski definition) is 8. The number of hydrogen-bond donors (Lipinski definition) is 2. The van der Waals surface area contributed by atoms with E-state index in [9.17, 15) is 19.8 Å². The van der Waals surface area contributed by atoms with E-state index < -0.39 is 11.9 Å². The first-order valence-corrected chi connectivity index (χ1v) is 10.4. The van der Waals surface area contributed by atoms with Crippen molar-refractivity contribution < 1.29 is 38.7 Å². The van der Waals surface area contributed by atoms with Crippen LogP contribution in [0.4, 0.5) is 0 Å². The van der Waals surface area contributed by atoms with Crippen molar-refractivity contribution >= 4 is 11.9 Å². The molecule has 2 rings (SSSR count). The molecule has 0 bridgehead atoms. The Morgan fingerprint density at radius 2 is 1.22 bits per heavy atom. The van der Waals surface area contributed by atoms with Crippen LogP contribution in [0.3, 0.4) is 0 Å². The average Bonchev–Trinajstić information content (AvgIpc) is 2.84. The smallest absolute Gasteiger partial charge is 0.338 e. The second-order valence-corrected chi connectivity index (χ2v) is 7.06. The molecule has 0 fully saturated rings. The van der Waals surface area contributed by atoms with Gasteiger partial charge in [-0.15, -0.1) is 0 Å². The third-order valence-electron chi connectivity index (χ3n) is 4.91. The third-order valence-corrected chi connectivity index (χ3v) is 4.91. The quantitative estimate of drug-likeness (QED) is 0.356. The first kappa shape index (κ1) is 25.2. The zero-order chi connectivity index (χ0) is 23.3. The van der Waals surface area contributed by atoms with Crippen molar-refractivity contribution in [2.45, 2.75) is 38.9 Å². The molecule has 2 aromatic carbocycles. The first-order valence-electron chi connectivity index (χ1n) is 10.4. The van der Waals surface area contributed by atoms with E-state index in [1.54, 1.807) is 30.3 Å². The molecule has 32 heavy (non-hydrogen) atoms. The van der Waals surface area contributed by atoms with Crippen LogP contribution in [0.2, 0.25) is 0 Å². The van der Waals surface area contributed by atoms with Gasteiger partial charge >= 0.3 is 11.9 Å². The molecule has 0 saturated carbocycles. The lowest BCUT2D eigenvalue weighted by Gasteiger charge is -2.10. The number of carbonyl (C=O) groups excluding carboxylic acids is 2. The number of esters is 2. The molecule has 0 atom stereocenters. The number of carbonyl (C=O) groups is 2. The molecule has 8 heteroatoms. The monoisotopic (exact) mass is 446 g/mol. The summed E-state index contributed by atoms with van der Waals surface area (Å²) in [6.45, 7) is 0.122. The number of aliphatic hydroxyl groups excluding tert-OH is 2. The van der Waals surface area contributed by atoms with E-state index >= 15 is 0 Å². The highest BCUT2D eigenvalue weighted by molar-refractivity contribution is 5.90. The minimum Gasteiger partial charge on any atom is -0.493 e. The van der Waals surface area contributed by atoms with Crippen LogP contribution in [0.25, 0.3) is 0 Å². The minimum absolute atomic E-state index is 0.200. The molecule has 8 nitrogen and oxygen atoms in total. The molecule has 0 aliphatic heterocycles. The lowest BCUT2D eigenvalue weighted by atomic mass is 10.1. The molecule has 0 unspecified atom stereocenters. The fourth-order valence-electron chi connectivity index (χ4n) is 3.07. The number of methoxy groups -OCH3 is 2. The molecule has 174 valence electrons. The summed E-state index contributed by atoms with van der Waals surface area (Å²) in [6.07, 6.45) is 3.05. The summed E-state index contributed by atoms with van der Waals surface area (Å²) >= 11 is 0. The number of benzene rings is 2. The molecule has 0 aromatic heterocycles. The summed E-state index contributed by atoms with van der Waals surface area (Å²) in [5.74, 6) is 0.122. The zero-order valence-corrected chi connectivity index (χ0v) is 18.5. The van der Waals surface area contributed by atoms with Crippen molar-refractivity contribution in [1.82, 2.24) is 0 Å². The Balaban J connectivity index is 1.62. The SMILES string of the molecule is COc1ccc(C(=O)OCCCCCCOC(=O)c2ccc(CO)c(CO)c2)cc1OC. The Kier molecular flexibility index (Phi) is 10.5. The number of ether oxygens (including phenoxy) is 4. The van der Waals surface area contributed by atoms with Crippen LogP contribution in [-0.4, -0.2) is 49.6 Å².